The van der Waals surface area contributed by atoms with Gasteiger partial charge in [-0.1, -0.05) is 98.5 Å². The van der Waals surface area contributed by atoms with Crippen LogP contribution in [0, 0.1) is 0 Å². The fourth-order valence-electron chi connectivity index (χ4n) is 4.47. The lowest BCUT2D eigenvalue weighted by Gasteiger charge is -2.13. The van der Waals surface area contributed by atoms with Crippen molar-refractivity contribution in [1.29, 1.82) is 0 Å². The second kappa shape index (κ2) is 12.4. The summed E-state index contributed by atoms with van der Waals surface area (Å²) in [6, 6.07) is 30.1. The summed E-state index contributed by atoms with van der Waals surface area (Å²) in [6.07, 6.45) is 4.42. The molecule has 186 valence electrons. The van der Waals surface area contributed by atoms with Crippen molar-refractivity contribution in [3.63, 3.8) is 0 Å². The highest BCUT2D eigenvalue weighted by Crippen LogP contribution is 2.28. The molecule has 0 aliphatic rings. The minimum Gasteiger partial charge on any atom is -0.508 e. The van der Waals surface area contributed by atoms with Gasteiger partial charge in [-0.2, -0.15) is 0 Å². The molecule has 0 aliphatic carbocycles. The van der Waals surface area contributed by atoms with Gasteiger partial charge in [-0.25, -0.2) is 0 Å². The molecule has 0 saturated heterocycles. The molecule has 0 aromatic heterocycles. The van der Waals surface area contributed by atoms with E-state index in [2.05, 4.69) is 0 Å². The van der Waals surface area contributed by atoms with Gasteiger partial charge >= 0.3 is 0 Å². The summed E-state index contributed by atoms with van der Waals surface area (Å²) in [5, 5.41) is 40.0. The van der Waals surface area contributed by atoms with Crippen molar-refractivity contribution >= 4 is 0 Å². The van der Waals surface area contributed by atoms with E-state index in [1.54, 1.807) is 24.3 Å². The molecule has 4 aromatic rings. The molecule has 0 radical (unpaired) electrons. The van der Waals surface area contributed by atoms with E-state index in [-0.39, 0.29) is 11.5 Å². The fourth-order valence-corrected chi connectivity index (χ4v) is 4.47. The Bertz CT molecular complexity index is 1100. The highest BCUT2D eigenvalue weighted by molar-refractivity contribution is 5.65. The van der Waals surface area contributed by atoms with Crippen molar-refractivity contribution in [3.8, 4) is 33.8 Å². The third-order valence-electron chi connectivity index (χ3n) is 6.70. The summed E-state index contributed by atoms with van der Waals surface area (Å²) < 4.78 is 0. The Labute approximate surface area is 213 Å². The molecule has 4 rings (SSSR count). The van der Waals surface area contributed by atoms with E-state index in [1.165, 1.54) is 0 Å². The van der Waals surface area contributed by atoms with E-state index < -0.39 is 12.2 Å². The van der Waals surface area contributed by atoms with Crippen molar-refractivity contribution in [2.75, 3.05) is 0 Å². The molecule has 0 spiro atoms. The highest BCUT2D eigenvalue weighted by atomic mass is 16.3. The molecule has 2 atom stereocenters. The molecule has 2 unspecified atom stereocenters. The summed E-state index contributed by atoms with van der Waals surface area (Å²) >= 11 is 0. The topological polar surface area (TPSA) is 80.9 Å². The van der Waals surface area contributed by atoms with E-state index in [0.717, 1.165) is 71.9 Å². The molecule has 0 amide bonds. The third-order valence-corrected chi connectivity index (χ3v) is 6.70. The van der Waals surface area contributed by atoms with Gasteiger partial charge in [0.15, 0.2) is 0 Å². The maximum absolute atomic E-state index is 10.5. The first-order valence-electron chi connectivity index (χ1n) is 12.6. The van der Waals surface area contributed by atoms with Gasteiger partial charge in [-0.3, -0.25) is 0 Å². The molecule has 0 bridgehead atoms. The van der Waals surface area contributed by atoms with Crippen molar-refractivity contribution in [2.45, 2.75) is 50.7 Å². The smallest absolute Gasteiger partial charge is 0.115 e. The minimum atomic E-state index is -0.475. The summed E-state index contributed by atoms with van der Waals surface area (Å²) in [6.45, 7) is 0. The van der Waals surface area contributed by atoms with E-state index in [9.17, 15) is 20.4 Å². The number of phenolic OH excluding ortho intramolecular Hbond substituents is 2. The van der Waals surface area contributed by atoms with Gasteiger partial charge in [0.25, 0.3) is 0 Å². The molecule has 4 nitrogen and oxygen atoms in total. The molecular formula is C32H34O4. The maximum atomic E-state index is 10.5. The Morgan fingerprint density at radius 2 is 0.667 bits per heavy atom. The van der Waals surface area contributed by atoms with Crippen LogP contribution in [0.25, 0.3) is 22.3 Å². The van der Waals surface area contributed by atoms with Crippen LogP contribution in [-0.4, -0.2) is 20.4 Å². The number of aromatic hydroxyl groups is 2. The third kappa shape index (κ3) is 6.97. The van der Waals surface area contributed by atoms with Crippen molar-refractivity contribution in [2.24, 2.45) is 0 Å². The van der Waals surface area contributed by atoms with Gasteiger partial charge < -0.3 is 20.4 Å². The Morgan fingerprint density at radius 3 is 0.972 bits per heavy atom. The van der Waals surface area contributed by atoms with Gasteiger partial charge in [-0.15, -0.1) is 0 Å². The van der Waals surface area contributed by atoms with Crippen LogP contribution in [-0.2, 0) is 0 Å². The zero-order valence-electron chi connectivity index (χ0n) is 20.4. The summed E-state index contributed by atoms with van der Waals surface area (Å²) in [5.41, 5.74) is 6.01. The predicted molar refractivity (Wildman–Crippen MR) is 145 cm³/mol. The SMILES string of the molecule is Oc1ccc(-c2ccc(C(O)CCCCCCC(O)c3ccc(-c4ccc(O)cc4)cc3)cc2)cc1. The van der Waals surface area contributed by atoms with Crippen LogP contribution >= 0.6 is 0 Å². The average molecular weight is 483 g/mol. The lowest BCUT2D eigenvalue weighted by molar-refractivity contribution is 0.157. The summed E-state index contributed by atoms with van der Waals surface area (Å²) in [5.74, 6) is 0.502. The van der Waals surface area contributed by atoms with Crippen molar-refractivity contribution in [3.05, 3.63) is 108 Å². The van der Waals surface area contributed by atoms with Crippen LogP contribution < -0.4 is 0 Å². The Kier molecular flexibility index (Phi) is 8.77. The molecule has 4 heteroatoms. The molecule has 4 aromatic carbocycles. The lowest BCUT2D eigenvalue weighted by Crippen LogP contribution is -1.99. The minimum absolute atomic E-state index is 0.251. The molecule has 36 heavy (non-hydrogen) atoms. The first-order chi connectivity index (χ1) is 17.5. The quantitative estimate of drug-likeness (QED) is 0.166. The Morgan fingerprint density at radius 1 is 0.389 bits per heavy atom. The first-order valence-corrected chi connectivity index (χ1v) is 12.6. The fraction of sp³-hybridized carbons (Fsp3) is 0.250. The zero-order chi connectivity index (χ0) is 25.3. The normalized spacial score (nSPS) is 12.8. The zero-order valence-corrected chi connectivity index (χ0v) is 20.4. The molecule has 4 N–H and O–H groups in total. The Hall–Kier alpha value is -3.60. The standard InChI is InChI=1S/C32H34O4/c33-29-19-15-25(16-20-29)23-7-11-27(12-8-23)31(35)5-3-1-2-4-6-32(36)28-13-9-24(10-14-28)26-17-21-30(34)22-18-26/h7-22,31-36H,1-6H2. The molecule has 0 fully saturated rings. The molecule has 0 heterocycles. The average Bonchev–Trinajstić information content (AvgIpc) is 2.91. The van der Waals surface area contributed by atoms with Crippen LogP contribution in [0.5, 0.6) is 11.5 Å². The first kappa shape index (κ1) is 25.5. The number of rotatable bonds is 11. The predicted octanol–water partition coefficient (Wildman–Crippen LogP) is 7.54. The number of phenols is 2. The van der Waals surface area contributed by atoms with E-state index in [0.29, 0.717) is 0 Å². The monoisotopic (exact) mass is 482 g/mol. The molecule has 0 saturated carbocycles. The van der Waals surface area contributed by atoms with Crippen LogP contribution in [0.4, 0.5) is 0 Å². The number of benzene rings is 4. The maximum Gasteiger partial charge on any atom is 0.115 e. The van der Waals surface area contributed by atoms with Crippen molar-refractivity contribution in [1.82, 2.24) is 0 Å². The van der Waals surface area contributed by atoms with Crippen LogP contribution in [0.2, 0.25) is 0 Å². The second-order valence-electron chi connectivity index (χ2n) is 9.36. The Balaban J connectivity index is 1.15. The summed E-state index contributed by atoms with van der Waals surface area (Å²) in [7, 11) is 0. The van der Waals surface area contributed by atoms with Crippen molar-refractivity contribution < 1.29 is 20.4 Å². The second-order valence-corrected chi connectivity index (χ2v) is 9.36. The van der Waals surface area contributed by atoms with Gasteiger partial charge in [0.2, 0.25) is 0 Å². The van der Waals surface area contributed by atoms with Crippen LogP contribution in [0.3, 0.4) is 0 Å². The van der Waals surface area contributed by atoms with Gasteiger partial charge in [0, 0.05) is 0 Å². The van der Waals surface area contributed by atoms with E-state index >= 15 is 0 Å². The number of aliphatic hydroxyl groups is 2. The van der Waals surface area contributed by atoms with Crippen LogP contribution in [0.15, 0.2) is 97.1 Å². The van der Waals surface area contributed by atoms with Gasteiger partial charge in [0.05, 0.1) is 12.2 Å². The van der Waals surface area contributed by atoms with Gasteiger partial charge in [0.1, 0.15) is 11.5 Å². The van der Waals surface area contributed by atoms with E-state index in [1.807, 2.05) is 72.8 Å². The van der Waals surface area contributed by atoms with Crippen LogP contribution in [0.1, 0.15) is 61.9 Å². The number of unbranched alkanes of at least 4 members (excludes halogenated alkanes) is 3. The molecular weight excluding hydrogens is 448 g/mol. The highest BCUT2D eigenvalue weighted by Gasteiger charge is 2.10. The number of aliphatic hydroxyl groups excluding tert-OH is 2. The molecule has 0 aliphatic heterocycles. The largest absolute Gasteiger partial charge is 0.508 e. The lowest BCUT2D eigenvalue weighted by atomic mass is 9.97. The number of hydrogen-bond acceptors (Lipinski definition) is 4. The van der Waals surface area contributed by atoms with Gasteiger partial charge in [-0.05, 0) is 70.5 Å². The van der Waals surface area contributed by atoms with E-state index in [4.69, 9.17) is 0 Å². The summed E-state index contributed by atoms with van der Waals surface area (Å²) in [4.78, 5) is 0. The number of hydrogen-bond donors (Lipinski definition) is 4.